The van der Waals surface area contributed by atoms with Crippen molar-refractivity contribution in [2.24, 2.45) is 17.8 Å². The van der Waals surface area contributed by atoms with Crippen LogP contribution in [-0.4, -0.2) is 23.9 Å². The van der Waals surface area contributed by atoms with Crippen LogP contribution in [0.25, 0.3) is 0 Å². The Kier molecular flexibility index (Phi) is 6.33. The molecule has 1 aliphatic carbocycles. The molecule has 7 heteroatoms. The highest BCUT2D eigenvalue weighted by Gasteiger charge is 2.39. The highest BCUT2D eigenvalue weighted by Crippen LogP contribution is 2.38. The average Bonchev–Trinajstić information content (AvgIpc) is 3.00. The topological polar surface area (TPSA) is 63.7 Å². The van der Waals surface area contributed by atoms with Crippen LogP contribution in [-0.2, 0) is 4.74 Å². The van der Waals surface area contributed by atoms with Gasteiger partial charge in [0.1, 0.15) is 6.10 Å². The molecule has 1 heterocycles. The highest BCUT2D eigenvalue weighted by molar-refractivity contribution is 6.46. The van der Waals surface area contributed by atoms with Crippen LogP contribution in [0.15, 0.2) is 36.4 Å². The average molecular weight is 474 g/mol. The van der Waals surface area contributed by atoms with Gasteiger partial charge in [-0.05, 0) is 60.9 Å². The molecular formula is C25H25Cl2NO4. The zero-order valence-electron chi connectivity index (χ0n) is 18.2. The van der Waals surface area contributed by atoms with Gasteiger partial charge in [0.05, 0.1) is 32.4 Å². The quantitative estimate of drug-likeness (QED) is 0.379. The van der Waals surface area contributed by atoms with Gasteiger partial charge >= 0.3 is 5.97 Å². The number of nitrogens with zero attached hydrogens (tertiary/aromatic N) is 1. The van der Waals surface area contributed by atoms with Crippen LogP contribution in [0.5, 0.6) is 0 Å². The maximum absolute atomic E-state index is 13.1. The molecule has 0 unspecified atom stereocenters. The second-order valence-corrected chi connectivity index (χ2v) is 9.83. The molecule has 4 rings (SSSR count). The number of hydrogen-bond donors (Lipinski definition) is 0. The SMILES string of the molecule is CC(C)[C@H]1CC[C@H](C)C[C@@H]1OC(=O)c1ccc2c(c1)C(=O)N(c1cccc(Cl)c1Cl)C2=O. The van der Waals surface area contributed by atoms with Crippen LogP contribution in [0.4, 0.5) is 5.69 Å². The van der Waals surface area contributed by atoms with Crippen molar-refractivity contribution in [2.75, 3.05) is 4.90 Å². The number of fused-ring (bicyclic) bond motifs is 1. The van der Waals surface area contributed by atoms with E-state index in [2.05, 4.69) is 20.8 Å². The Balaban J connectivity index is 1.60. The van der Waals surface area contributed by atoms with E-state index >= 15 is 0 Å². The third kappa shape index (κ3) is 4.04. The van der Waals surface area contributed by atoms with Gasteiger partial charge in [0.25, 0.3) is 11.8 Å². The lowest BCUT2D eigenvalue weighted by atomic mass is 9.75. The minimum absolute atomic E-state index is 0.120. The first-order chi connectivity index (χ1) is 15.2. The number of rotatable bonds is 4. The standard InChI is InChI=1S/C25H25Cl2NO4/c1-13(2)16-9-7-14(3)11-21(16)32-25(31)15-8-10-17-18(12-15)24(30)28(23(17)29)20-6-4-5-19(26)22(20)27/h4-6,8,10,12-14,16,21H,7,9,11H2,1-3H3/t14-,16+,21-/m0/s1. The molecule has 5 nitrogen and oxygen atoms in total. The fourth-order valence-corrected chi connectivity index (χ4v) is 5.09. The van der Waals surface area contributed by atoms with Crippen molar-refractivity contribution in [2.45, 2.75) is 46.1 Å². The predicted molar refractivity (Wildman–Crippen MR) is 125 cm³/mol. The number of anilines is 1. The maximum Gasteiger partial charge on any atom is 0.338 e. The van der Waals surface area contributed by atoms with Crippen LogP contribution < -0.4 is 4.90 Å². The van der Waals surface area contributed by atoms with Crippen LogP contribution >= 0.6 is 23.2 Å². The molecule has 3 atom stereocenters. The number of amides is 2. The first-order valence-corrected chi connectivity index (χ1v) is 11.6. The molecule has 1 fully saturated rings. The summed E-state index contributed by atoms with van der Waals surface area (Å²) in [6.07, 6.45) is 2.84. The number of carbonyl (C=O) groups excluding carboxylic acids is 3. The van der Waals surface area contributed by atoms with Gasteiger partial charge in [0.15, 0.2) is 0 Å². The Morgan fingerprint density at radius 2 is 1.78 bits per heavy atom. The molecule has 2 aliphatic rings. The van der Waals surface area contributed by atoms with Gasteiger partial charge in [0, 0.05) is 0 Å². The van der Waals surface area contributed by atoms with Crippen molar-refractivity contribution in [1.82, 2.24) is 0 Å². The van der Waals surface area contributed by atoms with Crippen LogP contribution in [0.2, 0.25) is 10.0 Å². The number of esters is 1. The zero-order chi connectivity index (χ0) is 23.2. The number of imide groups is 1. The summed E-state index contributed by atoms with van der Waals surface area (Å²) >= 11 is 12.3. The minimum Gasteiger partial charge on any atom is -0.458 e. The van der Waals surface area contributed by atoms with Crippen molar-refractivity contribution in [3.8, 4) is 0 Å². The maximum atomic E-state index is 13.1. The summed E-state index contributed by atoms with van der Waals surface area (Å²) in [5, 5.41) is 0.362. The first kappa shape index (κ1) is 22.8. The molecule has 0 bridgehead atoms. The summed E-state index contributed by atoms with van der Waals surface area (Å²) < 4.78 is 5.90. The lowest BCUT2D eigenvalue weighted by molar-refractivity contribution is -0.0174. The summed E-state index contributed by atoms with van der Waals surface area (Å²) in [7, 11) is 0. The van der Waals surface area contributed by atoms with E-state index in [1.54, 1.807) is 18.2 Å². The molecule has 0 N–H and O–H groups in total. The number of ether oxygens (including phenoxy) is 1. The normalized spacial score (nSPS) is 22.9. The second kappa shape index (κ2) is 8.87. The van der Waals surface area contributed by atoms with Crippen molar-refractivity contribution in [1.29, 1.82) is 0 Å². The fourth-order valence-electron chi connectivity index (χ4n) is 4.71. The summed E-state index contributed by atoms with van der Waals surface area (Å²) in [6, 6.07) is 9.22. The third-order valence-corrected chi connectivity index (χ3v) is 7.32. The Morgan fingerprint density at radius 3 is 2.50 bits per heavy atom. The molecule has 0 spiro atoms. The van der Waals surface area contributed by atoms with Gasteiger partial charge in [-0.2, -0.15) is 0 Å². The summed E-state index contributed by atoms with van der Waals surface area (Å²) in [5.74, 6) is -0.302. The molecule has 168 valence electrons. The van der Waals surface area contributed by atoms with Gasteiger partial charge < -0.3 is 4.74 Å². The first-order valence-electron chi connectivity index (χ1n) is 10.9. The Morgan fingerprint density at radius 1 is 1.06 bits per heavy atom. The van der Waals surface area contributed by atoms with Gasteiger partial charge in [-0.3, -0.25) is 9.59 Å². The number of benzene rings is 2. The van der Waals surface area contributed by atoms with E-state index in [-0.39, 0.29) is 38.5 Å². The van der Waals surface area contributed by atoms with Crippen molar-refractivity contribution >= 4 is 46.7 Å². The van der Waals surface area contributed by atoms with Crippen LogP contribution in [0.3, 0.4) is 0 Å². The van der Waals surface area contributed by atoms with Crippen molar-refractivity contribution in [3.63, 3.8) is 0 Å². The van der Waals surface area contributed by atoms with E-state index in [0.29, 0.717) is 17.8 Å². The van der Waals surface area contributed by atoms with Gasteiger partial charge in [-0.15, -0.1) is 0 Å². The van der Waals surface area contributed by atoms with E-state index in [1.807, 2.05) is 0 Å². The number of halogens is 2. The van der Waals surface area contributed by atoms with Crippen molar-refractivity contribution < 1.29 is 19.1 Å². The van der Waals surface area contributed by atoms with E-state index in [1.165, 1.54) is 18.2 Å². The second-order valence-electron chi connectivity index (χ2n) is 9.05. The molecule has 2 aromatic carbocycles. The molecule has 2 aromatic rings. The smallest absolute Gasteiger partial charge is 0.338 e. The summed E-state index contributed by atoms with van der Waals surface area (Å²) in [6.45, 7) is 6.47. The predicted octanol–water partition coefficient (Wildman–Crippen LogP) is 6.41. The number of carbonyl (C=O) groups is 3. The van der Waals surface area contributed by atoms with Crippen LogP contribution in [0.1, 0.15) is 71.1 Å². The van der Waals surface area contributed by atoms with Gasteiger partial charge in [-0.1, -0.05) is 56.5 Å². The fraction of sp³-hybridized carbons (Fsp3) is 0.400. The van der Waals surface area contributed by atoms with E-state index in [4.69, 9.17) is 27.9 Å². The Labute approximate surface area is 197 Å². The third-order valence-electron chi connectivity index (χ3n) is 6.51. The monoisotopic (exact) mass is 473 g/mol. The molecule has 1 aliphatic heterocycles. The lowest BCUT2D eigenvalue weighted by Crippen LogP contribution is -2.35. The Hall–Kier alpha value is -2.37. The lowest BCUT2D eigenvalue weighted by Gasteiger charge is -2.36. The van der Waals surface area contributed by atoms with E-state index in [9.17, 15) is 14.4 Å². The van der Waals surface area contributed by atoms with Gasteiger partial charge in [-0.25, -0.2) is 9.69 Å². The van der Waals surface area contributed by atoms with Crippen LogP contribution in [0, 0.1) is 17.8 Å². The molecule has 1 saturated carbocycles. The minimum atomic E-state index is -0.546. The van der Waals surface area contributed by atoms with E-state index in [0.717, 1.165) is 24.2 Å². The number of hydrogen-bond acceptors (Lipinski definition) is 4. The summed E-state index contributed by atoms with van der Waals surface area (Å²) in [5.41, 5.74) is 0.835. The molecule has 0 aromatic heterocycles. The van der Waals surface area contributed by atoms with Gasteiger partial charge in [0.2, 0.25) is 0 Å². The molecular weight excluding hydrogens is 449 g/mol. The Bertz CT molecular complexity index is 1100. The molecule has 0 radical (unpaired) electrons. The highest BCUT2D eigenvalue weighted by atomic mass is 35.5. The molecule has 0 saturated heterocycles. The van der Waals surface area contributed by atoms with Crippen molar-refractivity contribution in [3.05, 3.63) is 63.1 Å². The molecule has 32 heavy (non-hydrogen) atoms. The largest absolute Gasteiger partial charge is 0.458 e. The zero-order valence-corrected chi connectivity index (χ0v) is 19.7. The molecule has 2 amide bonds. The summed E-state index contributed by atoms with van der Waals surface area (Å²) in [4.78, 5) is 39.9. The van der Waals surface area contributed by atoms with E-state index < -0.39 is 17.8 Å².